The standard InChI is InChI=1S/C4H11NO4S/c1-4(2,5-3)9-10(6,7)8/h5H,1-3H3,(H,6,7,8). The van der Waals surface area contributed by atoms with Crippen LogP contribution in [0.1, 0.15) is 13.8 Å². The summed E-state index contributed by atoms with van der Waals surface area (Å²) in [4.78, 5) is 0. The fourth-order valence-electron chi connectivity index (χ4n) is 0.305. The maximum absolute atomic E-state index is 10.1. The van der Waals surface area contributed by atoms with Crippen molar-refractivity contribution in [3.05, 3.63) is 0 Å². The first kappa shape index (κ1) is 9.83. The highest BCUT2D eigenvalue weighted by Gasteiger charge is 2.22. The van der Waals surface area contributed by atoms with Crippen LogP contribution in [0.5, 0.6) is 0 Å². The van der Waals surface area contributed by atoms with Crippen LogP contribution in [0, 0.1) is 0 Å². The summed E-state index contributed by atoms with van der Waals surface area (Å²) in [6, 6.07) is 0. The van der Waals surface area contributed by atoms with E-state index in [2.05, 4.69) is 9.50 Å². The first-order valence-electron chi connectivity index (χ1n) is 2.64. The Labute approximate surface area is 60.3 Å². The van der Waals surface area contributed by atoms with Crippen LogP contribution in [-0.4, -0.2) is 25.7 Å². The lowest BCUT2D eigenvalue weighted by atomic mass is 10.3. The van der Waals surface area contributed by atoms with Crippen LogP contribution in [0.2, 0.25) is 0 Å². The van der Waals surface area contributed by atoms with E-state index >= 15 is 0 Å². The summed E-state index contributed by atoms with van der Waals surface area (Å²) >= 11 is 0. The second-order valence-electron chi connectivity index (χ2n) is 2.27. The lowest BCUT2D eigenvalue weighted by molar-refractivity contribution is 0.0731. The van der Waals surface area contributed by atoms with Crippen LogP contribution in [0.3, 0.4) is 0 Å². The van der Waals surface area contributed by atoms with Gasteiger partial charge in [0.05, 0.1) is 0 Å². The van der Waals surface area contributed by atoms with Crippen molar-refractivity contribution in [2.24, 2.45) is 0 Å². The Kier molecular flexibility index (Phi) is 2.78. The third-order valence-corrected chi connectivity index (χ3v) is 1.54. The average Bonchev–Trinajstić information content (AvgIpc) is 1.60. The van der Waals surface area contributed by atoms with Crippen molar-refractivity contribution in [2.45, 2.75) is 19.6 Å². The predicted octanol–water partition coefficient (Wildman–Crippen LogP) is -0.239. The average molecular weight is 169 g/mol. The van der Waals surface area contributed by atoms with Gasteiger partial charge in [0.15, 0.2) is 0 Å². The van der Waals surface area contributed by atoms with Crippen molar-refractivity contribution in [3.63, 3.8) is 0 Å². The molecule has 0 aliphatic carbocycles. The highest BCUT2D eigenvalue weighted by atomic mass is 32.3. The normalized spacial score (nSPS) is 13.6. The zero-order valence-electron chi connectivity index (χ0n) is 6.08. The molecule has 0 aliphatic heterocycles. The molecule has 0 bridgehead atoms. The minimum absolute atomic E-state index is 1.06. The molecule has 5 nitrogen and oxygen atoms in total. The Morgan fingerprint density at radius 3 is 2.00 bits per heavy atom. The van der Waals surface area contributed by atoms with Gasteiger partial charge < -0.3 is 0 Å². The van der Waals surface area contributed by atoms with Gasteiger partial charge in [0.25, 0.3) is 0 Å². The van der Waals surface area contributed by atoms with Gasteiger partial charge in [0.1, 0.15) is 5.72 Å². The summed E-state index contributed by atoms with van der Waals surface area (Å²) < 4.78 is 32.6. The topological polar surface area (TPSA) is 75.6 Å². The molecule has 2 N–H and O–H groups in total. The van der Waals surface area contributed by atoms with Crippen molar-refractivity contribution in [1.29, 1.82) is 0 Å². The molecule has 0 unspecified atom stereocenters. The molecule has 0 aliphatic rings. The second kappa shape index (κ2) is 2.83. The maximum Gasteiger partial charge on any atom is 0.399 e. The van der Waals surface area contributed by atoms with Gasteiger partial charge in [0.2, 0.25) is 0 Å². The van der Waals surface area contributed by atoms with E-state index in [1.807, 2.05) is 0 Å². The van der Waals surface area contributed by atoms with E-state index in [-0.39, 0.29) is 0 Å². The van der Waals surface area contributed by atoms with Gasteiger partial charge in [-0.3, -0.25) is 9.87 Å². The first-order chi connectivity index (χ1) is 4.27. The van der Waals surface area contributed by atoms with Gasteiger partial charge in [-0.2, -0.15) is 8.42 Å². The van der Waals surface area contributed by atoms with Crippen molar-refractivity contribution < 1.29 is 17.2 Å². The molecule has 0 saturated carbocycles. The molecule has 0 atom stereocenters. The lowest BCUT2D eigenvalue weighted by Crippen LogP contribution is -2.40. The van der Waals surface area contributed by atoms with Crippen molar-refractivity contribution >= 4 is 10.4 Å². The highest BCUT2D eigenvalue weighted by Crippen LogP contribution is 2.06. The van der Waals surface area contributed by atoms with E-state index < -0.39 is 16.1 Å². The van der Waals surface area contributed by atoms with Gasteiger partial charge in [-0.05, 0) is 20.9 Å². The van der Waals surface area contributed by atoms with E-state index in [0.29, 0.717) is 0 Å². The Balaban J connectivity index is 4.16. The number of hydrogen-bond acceptors (Lipinski definition) is 4. The van der Waals surface area contributed by atoms with Crippen molar-refractivity contribution in [3.8, 4) is 0 Å². The second-order valence-corrected chi connectivity index (χ2v) is 3.29. The molecule has 0 saturated heterocycles. The van der Waals surface area contributed by atoms with Gasteiger partial charge in [-0.1, -0.05) is 0 Å². The zero-order chi connectivity index (χ0) is 8.41. The van der Waals surface area contributed by atoms with Crippen LogP contribution in [0.15, 0.2) is 0 Å². The first-order valence-corrected chi connectivity index (χ1v) is 4.00. The molecule has 6 heteroatoms. The SMILES string of the molecule is CNC(C)(C)OS(=O)(=O)O. The molecule has 0 radical (unpaired) electrons. The van der Waals surface area contributed by atoms with Crippen molar-refractivity contribution in [2.75, 3.05) is 7.05 Å². The summed E-state index contributed by atoms with van der Waals surface area (Å²) in [5, 5.41) is 2.54. The Morgan fingerprint density at radius 1 is 1.50 bits per heavy atom. The quantitative estimate of drug-likeness (QED) is 0.450. The van der Waals surface area contributed by atoms with E-state index in [9.17, 15) is 8.42 Å². The number of rotatable bonds is 3. The molecule has 0 aromatic heterocycles. The van der Waals surface area contributed by atoms with E-state index in [4.69, 9.17) is 4.55 Å². The summed E-state index contributed by atoms with van der Waals surface area (Å²) in [7, 11) is -2.84. The highest BCUT2D eigenvalue weighted by molar-refractivity contribution is 7.80. The molecule has 62 valence electrons. The van der Waals surface area contributed by atoms with E-state index in [1.165, 1.54) is 20.9 Å². The third-order valence-electron chi connectivity index (χ3n) is 0.916. The zero-order valence-corrected chi connectivity index (χ0v) is 6.90. The summed E-state index contributed by atoms with van der Waals surface area (Å²) in [5.74, 6) is 0. The third kappa shape index (κ3) is 4.68. The molecule has 0 spiro atoms. The fraction of sp³-hybridized carbons (Fsp3) is 1.00. The van der Waals surface area contributed by atoms with Gasteiger partial charge in [-0.25, -0.2) is 4.18 Å². The molecule has 0 fully saturated rings. The van der Waals surface area contributed by atoms with Crippen LogP contribution in [-0.2, 0) is 14.6 Å². The molecule has 0 amide bonds. The smallest absolute Gasteiger partial charge is 0.292 e. The van der Waals surface area contributed by atoms with Crippen LogP contribution in [0.25, 0.3) is 0 Å². The van der Waals surface area contributed by atoms with Gasteiger partial charge >= 0.3 is 10.4 Å². The molecular weight excluding hydrogens is 158 g/mol. The summed E-state index contributed by atoms with van der Waals surface area (Å²) in [6.45, 7) is 2.95. The van der Waals surface area contributed by atoms with Crippen LogP contribution in [0.4, 0.5) is 0 Å². The number of nitrogens with one attached hydrogen (secondary N) is 1. The fourth-order valence-corrected chi connectivity index (χ4v) is 0.915. The summed E-state index contributed by atoms with van der Waals surface area (Å²) in [6.07, 6.45) is 0. The van der Waals surface area contributed by atoms with Gasteiger partial charge in [0, 0.05) is 0 Å². The molecule has 0 rings (SSSR count). The molecular formula is C4H11NO4S. The molecule has 0 aromatic rings. The van der Waals surface area contributed by atoms with Crippen LogP contribution >= 0.6 is 0 Å². The maximum atomic E-state index is 10.1. The van der Waals surface area contributed by atoms with Crippen LogP contribution < -0.4 is 5.32 Å². The Morgan fingerprint density at radius 2 is 1.90 bits per heavy atom. The van der Waals surface area contributed by atoms with E-state index in [0.717, 1.165) is 0 Å². The molecule has 0 aromatic carbocycles. The van der Waals surface area contributed by atoms with Crippen molar-refractivity contribution in [1.82, 2.24) is 5.32 Å². The monoisotopic (exact) mass is 169 g/mol. The minimum atomic E-state index is -4.36. The minimum Gasteiger partial charge on any atom is -0.292 e. The van der Waals surface area contributed by atoms with Gasteiger partial charge in [-0.15, -0.1) is 0 Å². The Bertz CT molecular complexity index is 195. The largest absolute Gasteiger partial charge is 0.399 e. The molecule has 10 heavy (non-hydrogen) atoms. The summed E-state index contributed by atoms with van der Waals surface area (Å²) in [5.41, 5.74) is -1.06. The Hall–Kier alpha value is -0.170. The predicted molar refractivity (Wildman–Crippen MR) is 35.8 cm³/mol. The van der Waals surface area contributed by atoms with E-state index in [1.54, 1.807) is 0 Å². The lowest BCUT2D eigenvalue weighted by Gasteiger charge is -2.20. The molecule has 0 heterocycles. The number of hydrogen-bond donors (Lipinski definition) is 2.